The van der Waals surface area contributed by atoms with Crippen LogP contribution in [0.2, 0.25) is 0 Å². The van der Waals surface area contributed by atoms with Crippen LogP contribution in [0, 0.1) is 0 Å². The molecule has 3 aliphatic carbocycles. The van der Waals surface area contributed by atoms with Crippen molar-refractivity contribution in [1.82, 2.24) is 5.32 Å². The van der Waals surface area contributed by atoms with Crippen molar-refractivity contribution in [2.75, 3.05) is 6.61 Å². The van der Waals surface area contributed by atoms with E-state index in [0.717, 1.165) is 25.7 Å². The number of amides is 1. The molecule has 2 aromatic rings. The Kier molecular flexibility index (Phi) is 3.41. The molecule has 0 saturated heterocycles. The largest absolute Gasteiger partial charge is 0.449 e. The topological polar surface area (TPSA) is 58.6 Å². The van der Waals surface area contributed by atoms with Gasteiger partial charge in [-0.15, -0.1) is 0 Å². The second-order valence-corrected chi connectivity index (χ2v) is 8.13. The van der Waals surface area contributed by atoms with Gasteiger partial charge in [-0.1, -0.05) is 48.5 Å². The predicted octanol–water partition coefficient (Wildman–Crippen LogP) is 3.97. The summed E-state index contributed by atoms with van der Waals surface area (Å²) < 4.78 is 5.65. The van der Waals surface area contributed by atoms with Crippen LogP contribution in [0.3, 0.4) is 0 Å². The van der Waals surface area contributed by atoms with E-state index in [4.69, 9.17) is 4.74 Å². The van der Waals surface area contributed by atoms with Crippen LogP contribution >= 0.6 is 0 Å². The molecule has 134 valence electrons. The molecule has 2 N–H and O–H groups in total. The van der Waals surface area contributed by atoms with Crippen molar-refractivity contribution in [2.24, 2.45) is 0 Å². The number of aliphatic hydroxyl groups is 1. The second-order valence-electron chi connectivity index (χ2n) is 8.13. The number of rotatable bonds is 3. The van der Waals surface area contributed by atoms with Crippen LogP contribution in [0.25, 0.3) is 11.1 Å². The number of carbonyl (C=O) groups excluding carboxylic acids is 1. The van der Waals surface area contributed by atoms with Crippen molar-refractivity contribution >= 4 is 6.09 Å². The lowest BCUT2D eigenvalue weighted by Gasteiger charge is -2.27. The Morgan fingerprint density at radius 1 is 1.00 bits per heavy atom. The summed E-state index contributed by atoms with van der Waals surface area (Å²) in [6.45, 7) is 0.334. The first kappa shape index (κ1) is 15.9. The molecule has 4 heteroatoms. The highest BCUT2D eigenvalue weighted by Gasteiger charge is 2.54. The first-order valence-electron chi connectivity index (χ1n) is 9.43. The monoisotopic (exact) mass is 349 g/mol. The molecule has 0 aliphatic heterocycles. The zero-order chi connectivity index (χ0) is 17.8. The molecule has 2 fully saturated rings. The van der Waals surface area contributed by atoms with Crippen molar-refractivity contribution in [2.45, 2.75) is 49.2 Å². The maximum Gasteiger partial charge on any atom is 0.407 e. The van der Waals surface area contributed by atoms with Gasteiger partial charge in [-0.3, -0.25) is 0 Å². The number of benzene rings is 2. The van der Waals surface area contributed by atoms with Crippen molar-refractivity contribution in [1.29, 1.82) is 0 Å². The van der Waals surface area contributed by atoms with Crippen LogP contribution in [-0.2, 0) is 4.74 Å². The van der Waals surface area contributed by atoms with Gasteiger partial charge in [0.25, 0.3) is 0 Å². The highest BCUT2D eigenvalue weighted by Crippen LogP contribution is 2.50. The second kappa shape index (κ2) is 5.58. The van der Waals surface area contributed by atoms with E-state index in [1.807, 2.05) is 24.3 Å². The van der Waals surface area contributed by atoms with E-state index in [2.05, 4.69) is 29.6 Å². The number of fused-ring (bicyclic) bond motifs is 5. The zero-order valence-electron chi connectivity index (χ0n) is 14.7. The standard InChI is InChI=1S/C22H23NO3/c24-20(23-21-9-11-22(25,14-21)12-10-21)26-13-19-17-7-3-1-5-15(17)16-6-2-4-8-18(16)19/h1-8,19,25H,9-14H2,(H,23,24). The summed E-state index contributed by atoms with van der Waals surface area (Å²) in [5.41, 5.74) is 4.06. The molecule has 0 spiro atoms. The van der Waals surface area contributed by atoms with Gasteiger partial charge in [0.15, 0.2) is 0 Å². The predicted molar refractivity (Wildman–Crippen MR) is 99.0 cm³/mol. The van der Waals surface area contributed by atoms with Crippen LogP contribution in [0.5, 0.6) is 0 Å². The molecular formula is C22H23NO3. The Bertz CT molecular complexity index is 822. The molecule has 0 unspecified atom stereocenters. The van der Waals surface area contributed by atoms with E-state index in [0.29, 0.717) is 13.0 Å². The van der Waals surface area contributed by atoms with Crippen LogP contribution in [0.1, 0.15) is 49.1 Å². The Hall–Kier alpha value is -2.33. The molecular weight excluding hydrogens is 326 g/mol. The van der Waals surface area contributed by atoms with E-state index < -0.39 is 5.60 Å². The minimum atomic E-state index is -0.573. The Labute approximate surface area is 153 Å². The number of ether oxygens (including phenoxy) is 1. The lowest BCUT2D eigenvalue weighted by Crippen LogP contribution is -2.45. The molecule has 4 nitrogen and oxygen atoms in total. The summed E-state index contributed by atoms with van der Waals surface area (Å²) in [5.74, 6) is 0.0785. The van der Waals surface area contributed by atoms with E-state index in [1.165, 1.54) is 22.3 Å². The molecule has 0 heterocycles. The fourth-order valence-corrected chi connectivity index (χ4v) is 5.20. The van der Waals surface area contributed by atoms with Gasteiger partial charge >= 0.3 is 6.09 Å². The number of hydrogen-bond donors (Lipinski definition) is 2. The normalized spacial score (nSPS) is 28.7. The molecule has 0 aromatic heterocycles. The summed E-state index contributed by atoms with van der Waals surface area (Å²) in [6, 6.07) is 16.7. The van der Waals surface area contributed by atoms with Gasteiger partial charge in [0.05, 0.1) is 5.60 Å². The molecule has 2 saturated carbocycles. The Morgan fingerprint density at radius 2 is 1.58 bits per heavy atom. The fourth-order valence-electron chi connectivity index (χ4n) is 5.20. The molecule has 1 amide bonds. The van der Waals surface area contributed by atoms with Crippen LogP contribution in [0.4, 0.5) is 4.79 Å². The molecule has 0 radical (unpaired) electrons. The number of hydrogen-bond acceptors (Lipinski definition) is 3. The van der Waals surface area contributed by atoms with E-state index in [-0.39, 0.29) is 17.6 Å². The van der Waals surface area contributed by atoms with Gasteiger partial charge in [-0.25, -0.2) is 4.79 Å². The molecule has 5 rings (SSSR count). The highest BCUT2D eigenvalue weighted by atomic mass is 16.5. The molecule has 26 heavy (non-hydrogen) atoms. The van der Waals surface area contributed by atoms with Crippen molar-refractivity contribution in [3.63, 3.8) is 0 Å². The smallest absolute Gasteiger partial charge is 0.407 e. The van der Waals surface area contributed by atoms with E-state index in [9.17, 15) is 9.90 Å². The average Bonchev–Trinajstić information content (AvgIpc) is 3.26. The molecule has 2 bridgehead atoms. The van der Waals surface area contributed by atoms with E-state index >= 15 is 0 Å². The molecule has 0 atom stereocenters. The summed E-state index contributed by atoms with van der Waals surface area (Å²) in [4.78, 5) is 12.5. The maximum atomic E-state index is 12.5. The van der Waals surface area contributed by atoms with Gasteiger partial charge in [0.2, 0.25) is 0 Å². The Balaban J connectivity index is 1.31. The number of carbonyl (C=O) groups is 1. The fraction of sp³-hybridized carbons (Fsp3) is 0.409. The quantitative estimate of drug-likeness (QED) is 0.881. The summed E-state index contributed by atoms with van der Waals surface area (Å²) in [6.07, 6.45) is 3.52. The summed E-state index contributed by atoms with van der Waals surface area (Å²) >= 11 is 0. The third-order valence-corrected chi connectivity index (χ3v) is 6.52. The van der Waals surface area contributed by atoms with Gasteiger partial charge in [0, 0.05) is 11.5 Å². The minimum absolute atomic E-state index is 0.0785. The van der Waals surface area contributed by atoms with Gasteiger partial charge in [-0.05, 0) is 54.4 Å². The molecule has 2 aromatic carbocycles. The van der Waals surface area contributed by atoms with E-state index in [1.54, 1.807) is 0 Å². The van der Waals surface area contributed by atoms with Crippen molar-refractivity contribution in [3.05, 3.63) is 59.7 Å². The van der Waals surface area contributed by atoms with Crippen LogP contribution in [-0.4, -0.2) is 28.9 Å². The number of nitrogens with one attached hydrogen (secondary N) is 1. The van der Waals surface area contributed by atoms with Gasteiger partial charge < -0.3 is 15.2 Å². The molecule has 3 aliphatic rings. The SMILES string of the molecule is O=C(NC12CCC(O)(CC1)C2)OCC1c2ccccc2-c2ccccc21. The third-order valence-electron chi connectivity index (χ3n) is 6.52. The summed E-state index contributed by atoms with van der Waals surface area (Å²) in [5, 5.41) is 13.4. The first-order chi connectivity index (χ1) is 12.6. The van der Waals surface area contributed by atoms with Gasteiger partial charge in [0.1, 0.15) is 6.61 Å². The van der Waals surface area contributed by atoms with Crippen LogP contribution in [0.15, 0.2) is 48.5 Å². The maximum absolute atomic E-state index is 12.5. The lowest BCUT2D eigenvalue weighted by molar-refractivity contribution is 0.0521. The average molecular weight is 349 g/mol. The van der Waals surface area contributed by atoms with Crippen molar-refractivity contribution < 1.29 is 14.6 Å². The minimum Gasteiger partial charge on any atom is -0.449 e. The lowest BCUT2D eigenvalue weighted by atomic mass is 9.93. The first-order valence-corrected chi connectivity index (χ1v) is 9.43. The zero-order valence-corrected chi connectivity index (χ0v) is 14.7. The number of alkyl carbamates (subject to hydrolysis) is 1. The van der Waals surface area contributed by atoms with Crippen LogP contribution < -0.4 is 5.32 Å². The van der Waals surface area contributed by atoms with Crippen molar-refractivity contribution in [3.8, 4) is 11.1 Å². The van der Waals surface area contributed by atoms with Gasteiger partial charge in [-0.2, -0.15) is 0 Å². The Morgan fingerprint density at radius 3 is 2.12 bits per heavy atom. The third kappa shape index (κ3) is 2.43. The highest BCUT2D eigenvalue weighted by molar-refractivity contribution is 5.79. The summed E-state index contributed by atoms with van der Waals surface area (Å²) in [7, 11) is 0.